The number of nitrogens with zero attached hydrogens (tertiary/aromatic N) is 1. The van der Waals surface area contributed by atoms with Crippen LogP contribution in [0.3, 0.4) is 0 Å². The minimum atomic E-state index is -3.74. The summed E-state index contributed by atoms with van der Waals surface area (Å²) >= 11 is 12.0. The van der Waals surface area contributed by atoms with E-state index in [1.54, 1.807) is 29.2 Å². The number of rotatable bonds is 6. The molecule has 2 aromatic carbocycles. The fourth-order valence-corrected chi connectivity index (χ4v) is 3.30. The van der Waals surface area contributed by atoms with Crippen LogP contribution in [0.15, 0.2) is 47.4 Å². The number of sulfonamides is 1. The van der Waals surface area contributed by atoms with E-state index in [1.807, 2.05) is 19.9 Å². The normalized spacial score (nSPS) is 11.6. The zero-order chi connectivity index (χ0) is 19.5. The Labute approximate surface area is 163 Å². The third kappa shape index (κ3) is 5.45. The Hall–Kier alpha value is -1.60. The van der Waals surface area contributed by atoms with Gasteiger partial charge in [-0.3, -0.25) is 4.79 Å². The maximum atomic E-state index is 12.7. The average molecular weight is 415 g/mol. The third-order valence-corrected chi connectivity index (χ3v) is 5.56. The van der Waals surface area contributed by atoms with Crippen LogP contribution in [0.5, 0.6) is 0 Å². The maximum Gasteiger partial charge on any atom is 0.238 e. The van der Waals surface area contributed by atoms with Crippen molar-refractivity contribution in [3.63, 3.8) is 0 Å². The van der Waals surface area contributed by atoms with Crippen molar-refractivity contribution in [2.75, 3.05) is 0 Å². The van der Waals surface area contributed by atoms with Crippen molar-refractivity contribution in [3.05, 3.63) is 63.6 Å². The van der Waals surface area contributed by atoms with Gasteiger partial charge in [0.05, 0.1) is 21.4 Å². The number of carbonyl (C=O) groups excluding carboxylic acids is 1. The highest BCUT2D eigenvalue weighted by molar-refractivity contribution is 7.89. The van der Waals surface area contributed by atoms with Crippen molar-refractivity contribution < 1.29 is 13.2 Å². The molecule has 26 heavy (non-hydrogen) atoms. The number of benzene rings is 2. The van der Waals surface area contributed by atoms with Gasteiger partial charge in [0.15, 0.2) is 0 Å². The Morgan fingerprint density at radius 3 is 2.12 bits per heavy atom. The van der Waals surface area contributed by atoms with Crippen LogP contribution in [0.2, 0.25) is 10.0 Å². The van der Waals surface area contributed by atoms with Gasteiger partial charge in [-0.1, -0.05) is 41.4 Å². The molecule has 140 valence electrons. The Morgan fingerprint density at radius 1 is 1.04 bits per heavy atom. The lowest BCUT2D eigenvalue weighted by Crippen LogP contribution is -2.37. The van der Waals surface area contributed by atoms with Crippen LogP contribution in [-0.2, 0) is 27.8 Å². The maximum absolute atomic E-state index is 12.7. The molecular formula is C18H20Cl2N2O3S. The molecule has 0 unspecified atom stereocenters. The minimum absolute atomic E-state index is 0.0133. The number of hydrogen-bond donors (Lipinski definition) is 1. The molecule has 0 aliphatic heterocycles. The first-order chi connectivity index (χ1) is 12.1. The van der Waals surface area contributed by atoms with Crippen molar-refractivity contribution in [1.82, 2.24) is 4.90 Å². The first kappa shape index (κ1) is 20.7. The highest BCUT2D eigenvalue weighted by atomic mass is 35.5. The van der Waals surface area contributed by atoms with Crippen LogP contribution >= 0.6 is 23.2 Å². The topological polar surface area (TPSA) is 80.5 Å². The van der Waals surface area contributed by atoms with Crippen LogP contribution in [0.25, 0.3) is 0 Å². The van der Waals surface area contributed by atoms with E-state index in [4.69, 9.17) is 28.3 Å². The van der Waals surface area contributed by atoms with E-state index < -0.39 is 10.0 Å². The van der Waals surface area contributed by atoms with Crippen LogP contribution in [-0.4, -0.2) is 25.3 Å². The molecule has 8 heteroatoms. The van der Waals surface area contributed by atoms with Crippen LogP contribution < -0.4 is 5.14 Å². The van der Waals surface area contributed by atoms with E-state index in [0.717, 1.165) is 5.56 Å². The lowest BCUT2D eigenvalue weighted by atomic mass is 10.1. The number of primary sulfonamides is 1. The predicted octanol–water partition coefficient (Wildman–Crippen LogP) is 3.62. The zero-order valence-corrected chi connectivity index (χ0v) is 16.8. The highest BCUT2D eigenvalue weighted by Gasteiger charge is 2.18. The lowest BCUT2D eigenvalue weighted by molar-refractivity contribution is -0.132. The van der Waals surface area contributed by atoms with E-state index in [2.05, 4.69) is 0 Å². The lowest BCUT2D eigenvalue weighted by Gasteiger charge is -2.27. The van der Waals surface area contributed by atoms with E-state index in [0.29, 0.717) is 22.2 Å². The molecule has 0 spiro atoms. The molecular weight excluding hydrogens is 395 g/mol. The van der Waals surface area contributed by atoms with Gasteiger partial charge in [-0.2, -0.15) is 0 Å². The average Bonchev–Trinajstić information content (AvgIpc) is 2.55. The minimum Gasteiger partial charge on any atom is -0.336 e. The highest BCUT2D eigenvalue weighted by Crippen LogP contribution is 2.24. The number of halogens is 2. The molecule has 0 aliphatic rings. The summed E-state index contributed by atoms with van der Waals surface area (Å²) in [5, 5.41) is 5.99. The van der Waals surface area contributed by atoms with Crippen LogP contribution in [0, 0.1) is 0 Å². The number of hydrogen-bond acceptors (Lipinski definition) is 3. The van der Waals surface area contributed by atoms with Gasteiger partial charge in [-0.25, -0.2) is 13.6 Å². The fourth-order valence-electron chi connectivity index (χ4n) is 2.47. The molecule has 2 aromatic rings. The van der Waals surface area contributed by atoms with Gasteiger partial charge in [-0.15, -0.1) is 0 Å². The molecule has 0 saturated heterocycles. The number of nitrogens with two attached hydrogens (primary N) is 1. The van der Waals surface area contributed by atoms with Gasteiger partial charge >= 0.3 is 0 Å². The molecule has 1 amide bonds. The zero-order valence-electron chi connectivity index (χ0n) is 14.4. The summed E-state index contributed by atoms with van der Waals surface area (Å²) in [5.41, 5.74) is 1.59. The quantitative estimate of drug-likeness (QED) is 0.783. The van der Waals surface area contributed by atoms with Gasteiger partial charge in [0.2, 0.25) is 15.9 Å². The van der Waals surface area contributed by atoms with Crippen molar-refractivity contribution in [2.24, 2.45) is 5.14 Å². The number of carbonyl (C=O) groups is 1. The summed E-state index contributed by atoms with van der Waals surface area (Å²) in [6.45, 7) is 4.27. The number of amides is 1. The van der Waals surface area contributed by atoms with Crippen LogP contribution in [0.1, 0.15) is 25.0 Å². The molecule has 2 N–H and O–H groups in total. The smallest absolute Gasteiger partial charge is 0.238 e. The second-order valence-corrected chi connectivity index (χ2v) is 8.61. The summed E-state index contributed by atoms with van der Waals surface area (Å²) < 4.78 is 22.6. The summed E-state index contributed by atoms with van der Waals surface area (Å²) in [6, 6.07) is 11.2. The molecule has 0 bridgehead atoms. The largest absolute Gasteiger partial charge is 0.336 e. The van der Waals surface area contributed by atoms with E-state index >= 15 is 0 Å². The molecule has 0 heterocycles. The van der Waals surface area contributed by atoms with E-state index in [1.165, 1.54) is 12.1 Å². The van der Waals surface area contributed by atoms with Crippen molar-refractivity contribution in [2.45, 2.75) is 37.8 Å². The Morgan fingerprint density at radius 2 is 1.62 bits per heavy atom. The summed E-state index contributed by atoms with van der Waals surface area (Å²) in [6.07, 6.45) is 0.157. The van der Waals surface area contributed by atoms with Gasteiger partial charge in [0, 0.05) is 12.6 Å². The van der Waals surface area contributed by atoms with Gasteiger partial charge in [0.1, 0.15) is 0 Å². The second-order valence-electron chi connectivity index (χ2n) is 6.23. The van der Waals surface area contributed by atoms with E-state index in [9.17, 15) is 13.2 Å². The molecule has 5 nitrogen and oxygen atoms in total. The molecule has 0 radical (unpaired) electrons. The Kier molecular flexibility index (Phi) is 6.69. The SMILES string of the molecule is CC(C)N(Cc1ccc(Cl)c(Cl)c1)C(=O)Cc1ccc(S(N)(=O)=O)cc1. The summed E-state index contributed by atoms with van der Waals surface area (Å²) in [4.78, 5) is 14.5. The Balaban J connectivity index is 2.14. The van der Waals surface area contributed by atoms with Gasteiger partial charge < -0.3 is 4.90 Å². The second kappa shape index (κ2) is 8.39. The van der Waals surface area contributed by atoms with E-state index in [-0.39, 0.29) is 23.3 Å². The molecule has 0 atom stereocenters. The summed E-state index contributed by atoms with van der Waals surface area (Å²) in [7, 11) is -3.74. The molecule has 0 aromatic heterocycles. The molecule has 0 fully saturated rings. The van der Waals surface area contributed by atoms with Crippen LogP contribution in [0.4, 0.5) is 0 Å². The molecule has 0 aliphatic carbocycles. The predicted molar refractivity (Wildman–Crippen MR) is 104 cm³/mol. The molecule has 0 saturated carbocycles. The fraction of sp³-hybridized carbons (Fsp3) is 0.278. The third-order valence-electron chi connectivity index (χ3n) is 3.89. The molecule has 2 rings (SSSR count). The van der Waals surface area contributed by atoms with Crippen molar-refractivity contribution >= 4 is 39.1 Å². The van der Waals surface area contributed by atoms with Crippen molar-refractivity contribution in [3.8, 4) is 0 Å². The first-order valence-corrected chi connectivity index (χ1v) is 10.2. The standard InChI is InChI=1S/C18H20Cl2N2O3S/c1-12(2)22(11-14-5-8-16(19)17(20)9-14)18(23)10-13-3-6-15(7-4-13)26(21,24)25/h3-9,12H,10-11H2,1-2H3,(H2,21,24,25). The monoisotopic (exact) mass is 414 g/mol. The summed E-state index contributed by atoms with van der Waals surface area (Å²) in [5.74, 6) is -0.0746. The first-order valence-electron chi connectivity index (χ1n) is 7.93. The Bertz CT molecular complexity index is 897. The van der Waals surface area contributed by atoms with Gasteiger partial charge in [-0.05, 0) is 49.2 Å². The van der Waals surface area contributed by atoms with Gasteiger partial charge in [0.25, 0.3) is 0 Å². The van der Waals surface area contributed by atoms with Crippen molar-refractivity contribution in [1.29, 1.82) is 0 Å².